The fraction of sp³-hybridized carbons (Fsp3) is 0.462. The molecule has 20 heavy (non-hydrogen) atoms. The number of nitrogens with one attached hydrogen (secondary N) is 1. The third kappa shape index (κ3) is 2.59. The normalized spacial score (nSPS) is 16.1. The van der Waals surface area contributed by atoms with Crippen molar-refractivity contribution in [2.75, 3.05) is 12.4 Å². The molecule has 7 heteroatoms. The molecule has 0 radical (unpaired) electrons. The quantitative estimate of drug-likeness (QED) is 0.919. The third-order valence-corrected chi connectivity index (χ3v) is 4.31. The standard InChI is InChI=1S/C13H16N4O2S/c1-8(19-2)12-15-16-13(20-12)14-11(18)10-4-3-7-17(10)9-5-6-9/h3-4,7-9H,5-6H2,1-2H3,(H,14,16,18). The lowest BCUT2D eigenvalue weighted by atomic mass is 10.4. The molecule has 1 aliphatic carbocycles. The van der Waals surface area contributed by atoms with Gasteiger partial charge in [0.05, 0.1) is 0 Å². The molecular formula is C13H16N4O2S. The van der Waals surface area contributed by atoms with Crippen LogP contribution in [0, 0.1) is 0 Å². The highest BCUT2D eigenvalue weighted by molar-refractivity contribution is 7.15. The number of hydrogen-bond acceptors (Lipinski definition) is 5. The zero-order chi connectivity index (χ0) is 14.1. The Kier molecular flexibility index (Phi) is 3.54. The summed E-state index contributed by atoms with van der Waals surface area (Å²) >= 11 is 1.33. The van der Waals surface area contributed by atoms with Crippen molar-refractivity contribution in [3.63, 3.8) is 0 Å². The van der Waals surface area contributed by atoms with Crippen molar-refractivity contribution in [1.82, 2.24) is 14.8 Å². The molecule has 0 spiro atoms. The second kappa shape index (κ2) is 5.34. The van der Waals surface area contributed by atoms with Gasteiger partial charge in [0.25, 0.3) is 5.91 Å². The zero-order valence-corrected chi connectivity index (χ0v) is 12.2. The van der Waals surface area contributed by atoms with Crippen molar-refractivity contribution in [2.24, 2.45) is 0 Å². The van der Waals surface area contributed by atoms with E-state index in [9.17, 15) is 4.79 Å². The Labute approximate surface area is 120 Å². The van der Waals surface area contributed by atoms with E-state index in [0.717, 1.165) is 17.8 Å². The summed E-state index contributed by atoms with van der Waals surface area (Å²) in [6.45, 7) is 1.89. The minimum Gasteiger partial charge on any atom is -0.374 e. The number of hydrogen-bond donors (Lipinski definition) is 1. The average Bonchev–Trinajstić information content (AvgIpc) is 3.00. The molecule has 1 unspecified atom stereocenters. The van der Waals surface area contributed by atoms with Gasteiger partial charge in [-0.05, 0) is 31.9 Å². The Morgan fingerprint density at radius 3 is 3.05 bits per heavy atom. The fourth-order valence-electron chi connectivity index (χ4n) is 1.97. The predicted octanol–water partition coefficient (Wildman–Crippen LogP) is 2.63. The number of methoxy groups -OCH3 is 1. The summed E-state index contributed by atoms with van der Waals surface area (Å²) in [5.74, 6) is -0.144. The molecule has 1 amide bonds. The van der Waals surface area contributed by atoms with Crippen LogP contribution < -0.4 is 5.32 Å². The van der Waals surface area contributed by atoms with E-state index in [2.05, 4.69) is 15.5 Å². The van der Waals surface area contributed by atoms with Crippen molar-refractivity contribution in [3.05, 3.63) is 29.0 Å². The molecule has 106 valence electrons. The number of amides is 1. The van der Waals surface area contributed by atoms with Crippen LogP contribution >= 0.6 is 11.3 Å². The zero-order valence-electron chi connectivity index (χ0n) is 11.4. The summed E-state index contributed by atoms with van der Waals surface area (Å²) in [5, 5.41) is 12.0. The number of nitrogens with zero attached hydrogens (tertiary/aromatic N) is 3. The first-order valence-corrected chi connectivity index (χ1v) is 7.35. The van der Waals surface area contributed by atoms with E-state index in [4.69, 9.17) is 4.74 Å². The summed E-state index contributed by atoms with van der Waals surface area (Å²) < 4.78 is 7.20. The first kappa shape index (κ1) is 13.3. The van der Waals surface area contributed by atoms with Crippen molar-refractivity contribution in [1.29, 1.82) is 0 Å². The minimum atomic E-state index is -0.144. The van der Waals surface area contributed by atoms with Gasteiger partial charge in [-0.25, -0.2) is 0 Å². The fourth-order valence-corrected chi connectivity index (χ4v) is 2.74. The Morgan fingerprint density at radius 2 is 2.35 bits per heavy atom. The first-order valence-electron chi connectivity index (χ1n) is 6.53. The van der Waals surface area contributed by atoms with Crippen LogP contribution in [-0.4, -0.2) is 27.8 Å². The van der Waals surface area contributed by atoms with Crippen LogP contribution in [0.15, 0.2) is 18.3 Å². The monoisotopic (exact) mass is 292 g/mol. The molecule has 6 nitrogen and oxygen atoms in total. The molecule has 2 heterocycles. The van der Waals surface area contributed by atoms with E-state index in [0.29, 0.717) is 16.9 Å². The van der Waals surface area contributed by atoms with E-state index in [1.807, 2.05) is 29.8 Å². The summed E-state index contributed by atoms with van der Waals surface area (Å²) in [6.07, 6.45) is 4.12. The Balaban J connectivity index is 1.72. The van der Waals surface area contributed by atoms with Crippen LogP contribution in [0.1, 0.15) is 47.4 Å². The highest BCUT2D eigenvalue weighted by Crippen LogP contribution is 2.36. The maximum Gasteiger partial charge on any atom is 0.274 e. The number of carbonyl (C=O) groups excluding carboxylic acids is 1. The molecule has 2 aromatic rings. The second-order valence-corrected chi connectivity index (χ2v) is 5.82. The van der Waals surface area contributed by atoms with Gasteiger partial charge in [0.15, 0.2) is 0 Å². The third-order valence-electron chi connectivity index (χ3n) is 3.31. The molecular weight excluding hydrogens is 276 g/mol. The van der Waals surface area contributed by atoms with Crippen LogP contribution in [0.4, 0.5) is 5.13 Å². The summed E-state index contributed by atoms with van der Waals surface area (Å²) in [6, 6.07) is 4.20. The molecule has 0 aliphatic heterocycles. The van der Waals surface area contributed by atoms with Gasteiger partial charge in [0, 0.05) is 19.3 Å². The highest BCUT2D eigenvalue weighted by atomic mass is 32.1. The van der Waals surface area contributed by atoms with Crippen LogP contribution in [0.5, 0.6) is 0 Å². The minimum absolute atomic E-state index is 0.117. The maximum atomic E-state index is 12.3. The van der Waals surface area contributed by atoms with Gasteiger partial charge in [-0.3, -0.25) is 10.1 Å². The van der Waals surface area contributed by atoms with Crippen LogP contribution in [0.2, 0.25) is 0 Å². The molecule has 1 N–H and O–H groups in total. The van der Waals surface area contributed by atoms with Gasteiger partial charge in [-0.1, -0.05) is 11.3 Å². The first-order chi connectivity index (χ1) is 9.69. The predicted molar refractivity (Wildman–Crippen MR) is 76.0 cm³/mol. The number of carbonyl (C=O) groups is 1. The van der Waals surface area contributed by atoms with Gasteiger partial charge < -0.3 is 9.30 Å². The molecule has 1 saturated carbocycles. The molecule has 0 aromatic carbocycles. The van der Waals surface area contributed by atoms with Crippen molar-refractivity contribution in [3.8, 4) is 0 Å². The summed E-state index contributed by atoms with van der Waals surface area (Å²) in [4.78, 5) is 12.3. The van der Waals surface area contributed by atoms with Crippen LogP contribution in [-0.2, 0) is 4.74 Å². The van der Waals surface area contributed by atoms with E-state index in [1.165, 1.54) is 11.3 Å². The van der Waals surface area contributed by atoms with E-state index >= 15 is 0 Å². The lowest BCUT2D eigenvalue weighted by Crippen LogP contribution is -2.16. The number of rotatable bonds is 5. The topological polar surface area (TPSA) is 69.0 Å². The second-order valence-electron chi connectivity index (χ2n) is 4.81. The van der Waals surface area contributed by atoms with Gasteiger partial charge in [0.2, 0.25) is 5.13 Å². The van der Waals surface area contributed by atoms with Gasteiger partial charge >= 0.3 is 0 Å². The highest BCUT2D eigenvalue weighted by Gasteiger charge is 2.27. The molecule has 1 aliphatic rings. The number of aromatic nitrogens is 3. The number of anilines is 1. The van der Waals surface area contributed by atoms with Crippen LogP contribution in [0.3, 0.4) is 0 Å². The maximum absolute atomic E-state index is 12.3. The average molecular weight is 292 g/mol. The van der Waals surface area contributed by atoms with Crippen molar-refractivity contribution in [2.45, 2.75) is 31.9 Å². The molecule has 2 aromatic heterocycles. The Morgan fingerprint density at radius 1 is 1.55 bits per heavy atom. The molecule has 0 saturated heterocycles. The smallest absolute Gasteiger partial charge is 0.274 e. The van der Waals surface area contributed by atoms with E-state index in [1.54, 1.807) is 7.11 Å². The molecule has 3 rings (SSSR count). The Hall–Kier alpha value is -1.73. The van der Waals surface area contributed by atoms with Gasteiger partial charge in [0.1, 0.15) is 16.8 Å². The molecule has 0 bridgehead atoms. The largest absolute Gasteiger partial charge is 0.374 e. The molecule has 1 atom stereocenters. The van der Waals surface area contributed by atoms with Crippen LogP contribution in [0.25, 0.3) is 0 Å². The van der Waals surface area contributed by atoms with E-state index < -0.39 is 0 Å². The van der Waals surface area contributed by atoms with Crippen molar-refractivity contribution >= 4 is 22.4 Å². The lowest BCUT2D eigenvalue weighted by Gasteiger charge is -2.06. The molecule has 1 fully saturated rings. The Bertz CT molecular complexity index is 617. The van der Waals surface area contributed by atoms with Crippen molar-refractivity contribution < 1.29 is 9.53 Å². The van der Waals surface area contributed by atoms with Gasteiger partial charge in [-0.2, -0.15) is 0 Å². The summed E-state index contributed by atoms with van der Waals surface area (Å²) in [5.41, 5.74) is 0.670. The SMILES string of the molecule is COC(C)c1nnc(NC(=O)c2cccn2C2CC2)s1. The lowest BCUT2D eigenvalue weighted by molar-refractivity contribution is 0.101. The van der Waals surface area contributed by atoms with E-state index in [-0.39, 0.29) is 12.0 Å². The summed E-state index contributed by atoms with van der Waals surface area (Å²) in [7, 11) is 1.62. The number of ether oxygens (including phenoxy) is 1. The van der Waals surface area contributed by atoms with Gasteiger partial charge in [-0.15, -0.1) is 10.2 Å².